The number of rotatable bonds is 2. The number of nitrogens with one attached hydrogen (secondary N) is 2. The normalized spacial score (nSPS) is 29.2. The number of aromatic amines is 1. The highest BCUT2D eigenvalue weighted by molar-refractivity contribution is 5.77. The first kappa shape index (κ1) is 12.4. The molecule has 0 saturated carbocycles. The summed E-state index contributed by atoms with van der Waals surface area (Å²) in [6.45, 7) is 4.33. The van der Waals surface area contributed by atoms with Crippen molar-refractivity contribution >= 4 is 11.0 Å². The third kappa shape index (κ3) is 2.14. The molecule has 1 aromatic carbocycles. The number of aromatic nitrogens is 2. The van der Waals surface area contributed by atoms with E-state index in [1.165, 1.54) is 48.2 Å². The Balaban J connectivity index is 1.56. The Hall–Kier alpha value is -1.35. The van der Waals surface area contributed by atoms with Gasteiger partial charge in [0.2, 0.25) is 0 Å². The van der Waals surface area contributed by atoms with Gasteiger partial charge in [-0.25, -0.2) is 4.98 Å². The SMILES string of the molecule is Cc1cc2nc(CC3CC4CCC(C3)N4)[nH]c2cc1C. The lowest BCUT2D eigenvalue weighted by atomic mass is 9.89. The molecule has 3 heterocycles. The summed E-state index contributed by atoms with van der Waals surface area (Å²) in [7, 11) is 0. The Bertz CT molecular complexity index is 592. The molecule has 2 N–H and O–H groups in total. The van der Waals surface area contributed by atoms with Gasteiger partial charge in [0.25, 0.3) is 0 Å². The summed E-state index contributed by atoms with van der Waals surface area (Å²) < 4.78 is 0. The molecular weight excluding hydrogens is 246 g/mol. The molecular formula is C17H23N3. The van der Waals surface area contributed by atoms with E-state index in [1.54, 1.807) is 0 Å². The van der Waals surface area contributed by atoms with Crippen LogP contribution in [-0.2, 0) is 6.42 Å². The van der Waals surface area contributed by atoms with Crippen LogP contribution in [0.2, 0.25) is 0 Å². The number of benzene rings is 1. The molecule has 2 bridgehead atoms. The summed E-state index contributed by atoms with van der Waals surface area (Å²) in [5.74, 6) is 1.98. The van der Waals surface area contributed by atoms with Gasteiger partial charge in [-0.05, 0) is 68.7 Å². The molecule has 2 atom stereocenters. The summed E-state index contributed by atoms with van der Waals surface area (Å²) in [6.07, 6.45) is 6.51. The molecule has 4 rings (SSSR count). The van der Waals surface area contributed by atoms with Gasteiger partial charge in [-0.1, -0.05) is 0 Å². The number of fused-ring (bicyclic) bond motifs is 3. The molecule has 3 nitrogen and oxygen atoms in total. The third-order valence-corrected chi connectivity index (χ3v) is 5.20. The Morgan fingerprint density at radius 3 is 2.55 bits per heavy atom. The van der Waals surface area contributed by atoms with Crippen LogP contribution in [0.25, 0.3) is 11.0 Å². The van der Waals surface area contributed by atoms with E-state index in [-0.39, 0.29) is 0 Å². The van der Waals surface area contributed by atoms with E-state index >= 15 is 0 Å². The maximum absolute atomic E-state index is 4.80. The number of hydrogen-bond acceptors (Lipinski definition) is 2. The molecule has 2 saturated heterocycles. The fourth-order valence-corrected chi connectivity index (χ4v) is 4.03. The minimum Gasteiger partial charge on any atom is -0.342 e. The van der Waals surface area contributed by atoms with Crippen molar-refractivity contribution < 1.29 is 0 Å². The van der Waals surface area contributed by atoms with Gasteiger partial charge in [0.1, 0.15) is 5.82 Å². The van der Waals surface area contributed by atoms with Gasteiger partial charge in [0, 0.05) is 18.5 Å². The second kappa shape index (κ2) is 4.59. The maximum atomic E-state index is 4.80. The molecule has 106 valence electrons. The molecule has 0 radical (unpaired) electrons. The molecule has 0 amide bonds. The second-order valence-electron chi connectivity index (χ2n) is 6.82. The first-order chi connectivity index (χ1) is 9.67. The highest BCUT2D eigenvalue weighted by Crippen LogP contribution is 2.32. The van der Waals surface area contributed by atoms with E-state index in [1.807, 2.05) is 0 Å². The molecule has 2 fully saturated rings. The van der Waals surface area contributed by atoms with E-state index in [0.717, 1.165) is 29.9 Å². The van der Waals surface area contributed by atoms with Crippen molar-refractivity contribution in [2.75, 3.05) is 0 Å². The molecule has 3 heteroatoms. The van der Waals surface area contributed by atoms with Gasteiger partial charge < -0.3 is 10.3 Å². The summed E-state index contributed by atoms with van der Waals surface area (Å²) in [5, 5.41) is 3.72. The fourth-order valence-electron chi connectivity index (χ4n) is 4.03. The van der Waals surface area contributed by atoms with Gasteiger partial charge >= 0.3 is 0 Å². The van der Waals surface area contributed by atoms with Crippen molar-refractivity contribution in [3.05, 3.63) is 29.1 Å². The van der Waals surface area contributed by atoms with Crippen LogP contribution in [0, 0.1) is 19.8 Å². The van der Waals surface area contributed by atoms with Crippen molar-refractivity contribution in [1.82, 2.24) is 15.3 Å². The molecule has 0 spiro atoms. The number of hydrogen-bond donors (Lipinski definition) is 2. The number of piperidine rings is 1. The van der Waals surface area contributed by atoms with Crippen LogP contribution < -0.4 is 5.32 Å². The Labute approximate surface area is 120 Å². The van der Waals surface area contributed by atoms with Crippen LogP contribution >= 0.6 is 0 Å². The van der Waals surface area contributed by atoms with Crippen LogP contribution in [0.4, 0.5) is 0 Å². The summed E-state index contributed by atoms with van der Waals surface area (Å²) >= 11 is 0. The monoisotopic (exact) mass is 269 g/mol. The minimum absolute atomic E-state index is 0.771. The minimum atomic E-state index is 0.771. The van der Waals surface area contributed by atoms with Crippen LogP contribution in [-0.4, -0.2) is 22.1 Å². The highest BCUT2D eigenvalue weighted by atomic mass is 15.0. The summed E-state index contributed by atoms with van der Waals surface area (Å²) in [6, 6.07) is 5.98. The van der Waals surface area contributed by atoms with Crippen molar-refractivity contribution in [2.24, 2.45) is 5.92 Å². The van der Waals surface area contributed by atoms with Crippen molar-refractivity contribution in [3.63, 3.8) is 0 Å². The van der Waals surface area contributed by atoms with Gasteiger partial charge in [-0.15, -0.1) is 0 Å². The summed E-state index contributed by atoms with van der Waals surface area (Å²) in [5.41, 5.74) is 4.99. The van der Waals surface area contributed by atoms with E-state index in [9.17, 15) is 0 Å². The molecule has 2 unspecified atom stereocenters. The number of imidazole rings is 1. The van der Waals surface area contributed by atoms with Gasteiger partial charge in [-0.3, -0.25) is 0 Å². The number of nitrogens with zero attached hydrogens (tertiary/aromatic N) is 1. The highest BCUT2D eigenvalue weighted by Gasteiger charge is 2.33. The van der Waals surface area contributed by atoms with Gasteiger partial charge in [0.05, 0.1) is 11.0 Å². The Kier molecular flexibility index (Phi) is 2.84. The lowest BCUT2D eigenvalue weighted by Gasteiger charge is -2.28. The Morgan fingerprint density at radius 1 is 1.10 bits per heavy atom. The van der Waals surface area contributed by atoms with Crippen molar-refractivity contribution in [2.45, 2.75) is 58.0 Å². The van der Waals surface area contributed by atoms with Crippen LogP contribution in [0.3, 0.4) is 0 Å². The van der Waals surface area contributed by atoms with E-state index < -0.39 is 0 Å². The zero-order chi connectivity index (χ0) is 13.7. The topological polar surface area (TPSA) is 40.7 Å². The quantitative estimate of drug-likeness (QED) is 0.878. The van der Waals surface area contributed by atoms with Crippen LogP contribution in [0.1, 0.15) is 42.6 Å². The lowest BCUT2D eigenvalue weighted by molar-refractivity contribution is 0.295. The molecule has 0 aliphatic carbocycles. The van der Waals surface area contributed by atoms with E-state index in [2.05, 4.69) is 36.3 Å². The average molecular weight is 269 g/mol. The second-order valence-corrected chi connectivity index (χ2v) is 6.82. The molecule has 2 aliphatic rings. The van der Waals surface area contributed by atoms with E-state index in [0.29, 0.717) is 0 Å². The number of aryl methyl sites for hydroxylation is 2. The molecule has 20 heavy (non-hydrogen) atoms. The van der Waals surface area contributed by atoms with Crippen molar-refractivity contribution in [1.29, 1.82) is 0 Å². The summed E-state index contributed by atoms with van der Waals surface area (Å²) in [4.78, 5) is 8.33. The predicted octanol–water partition coefficient (Wildman–Crippen LogP) is 3.25. The van der Waals surface area contributed by atoms with Gasteiger partial charge in [-0.2, -0.15) is 0 Å². The van der Waals surface area contributed by atoms with Crippen LogP contribution in [0.15, 0.2) is 12.1 Å². The van der Waals surface area contributed by atoms with E-state index in [4.69, 9.17) is 4.98 Å². The first-order valence-electron chi connectivity index (χ1n) is 7.89. The molecule has 2 aromatic rings. The lowest BCUT2D eigenvalue weighted by Crippen LogP contribution is -2.38. The third-order valence-electron chi connectivity index (χ3n) is 5.20. The Morgan fingerprint density at radius 2 is 1.80 bits per heavy atom. The smallest absolute Gasteiger partial charge is 0.107 e. The zero-order valence-electron chi connectivity index (χ0n) is 12.4. The van der Waals surface area contributed by atoms with Gasteiger partial charge in [0.15, 0.2) is 0 Å². The number of H-pyrrole nitrogens is 1. The molecule has 2 aliphatic heterocycles. The fraction of sp³-hybridized carbons (Fsp3) is 0.588. The van der Waals surface area contributed by atoms with Crippen LogP contribution in [0.5, 0.6) is 0 Å². The first-order valence-corrected chi connectivity index (χ1v) is 7.89. The maximum Gasteiger partial charge on any atom is 0.107 e. The average Bonchev–Trinajstić information content (AvgIpc) is 2.93. The predicted molar refractivity (Wildman–Crippen MR) is 81.9 cm³/mol. The zero-order valence-corrected chi connectivity index (χ0v) is 12.4. The molecule has 1 aromatic heterocycles. The van der Waals surface area contributed by atoms with Crippen molar-refractivity contribution in [3.8, 4) is 0 Å². The largest absolute Gasteiger partial charge is 0.342 e. The standard InChI is InChI=1S/C17H23N3/c1-10-5-15-16(6-11(10)2)20-17(19-15)9-12-7-13-3-4-14(8-12)18-13/h5-6,12-14,18H,3-4,7-9H2,1-2H3,(H,19,20).